The van der Waals surface area contributed by atoms with Crippen LogP contribution in [0.4, 0.5) is 0 Å². The number of piperidine rings is 1. The summed E-state index contributed by atoms with van der Waals surface area (Å²) in [5, 5.41) is 7.34. The summed E-state index contributed by atoms with van der Waals surface area (Å²) in [6, 6.07) is 0. The van der Waals surface area contributed by atoms with Crippen LogP contribution in [0.1, 0.15) is 36.9 Å². The standard InChI is InChI=1S/C11H19N3O2/c1-15-7-3-5-10-13-11(16-14-10)9-4-2-6-12-8-9/h9,12H,2-8H2,1H3. The van der Waals surface area contributed by atoms with Crippen molar-refractivity contribution in [3.63, 3.8) is 0 Å². The smallest absolute Gasteiger partial charge is 0.231 e. The van der Waals surface area contributed by atoms with Gasteiger partial charge in [0.05, 0.1) is 5.92 Å². The third-order valence-corrected chi connectivity index (χ3v) is 2.88. The summed E-state index contributed by atoms with van der Waals surface area (Å²) in [5.41, 5.74) is 0. The molecule has 1 aliphatic rings. The minimum Gasteiger partial charge on any atom is -0.385 e. The molecule has 5 nitrogen and oxygen atoms in total. The van der Waals surface area contributed by atoms with Gasteiger partial charge in [0.25, 0.3) is 0 Å². The van der Waals surface area contributed by atoms with E-state index in [1.54, 1.807) is 7.11 Å². The van der Waals surface area contributed by atoms with Gasteiger partial charge in [-0.15, -0.1) is 0 Å². The molecule has 0 spiro atoms. The van der Waals surface area contributed by atoms with Crippen molar-refractivity contribution in [3.8, 4) is 0 Å². The molecule has 0 amide bonds. The van der Waals surface area contributed by atoms with E-state index >= 15 is 0 Å². The monoisotopic (exact) mass is 225 g/mol. The number of hydrogen-bond donors (Lipinski definition) is 1. The first-order valence-electron chi connectivity index (χ1n) is 5.92. The molecular formula is C11H19N3O2. The fourth-order valence-electron chi connectivity index (χ4n) is 1.97. The number of ether oxygens (including phenoxy) is 1. The number of aryl methyl sites for hydroxylation is 1. The van der Waals surface area contributed by atoms with Crippen LogP contribution in [0.2, 0.25) is 0 Å². The highest BCUT2D eigenvalue weighted by molar-refractivity contribution is 4.96. The molecule has 0 aromatic carbocycles. The Morgan fingerprint density at radius 1 is 1.56 bits per heavy atom. The lowest BCUT2D eigenvalue weighted by atomic mass is 10.00. The van der Waals surface area contributed by atoms with Crippen LogP contribution >= 0.6 is 0 Å². The average molecular weight is 225 g/mol. The molecule has 1 unspecified atom stereocenters. The molecule has 0 radical (unpaired) electrons. The number of nitrogens with zero attached hydrogens (tertiary/aromatic N) is 2. The maximum Gasteiger partial charge on any atom is 0.231 e. The van der Waals surface area contributed by atoms with Gasteiger partial charge in [-0.2, -0.15) is 4.98 Å². The van der Waals surface area contributed by atoms with Gasteiger partial charge in [-0.3, -0.25) is 0 Å². The number of rotatable bonds is 5. The minimum absolute atomic E-state index is 0.400. The van der Waals surface area contributed by atoms with Gasteiger partial charge >= 0.3 is 0 Å². The summed E-state index contributed by atoms with van der Waals surface area (Å²) >= 11 is 0. The lowest BCUT2D eigenvalue weighted by molar-refractivity contribution is 0.194. The SMILES string of the molecule is COCCCc1noc(C2CCCNC2)n1. The summed E-state index contributed by atoms with van der Waals surface area (Å²) < 4.78 is 10.3. The summed E-state index contributed by atoms with van der Waals surface area (Å²) in [5.74, 6) is 2.00. The average Bonchev–Trinajstić information content (AvgIpc) is 2.79. The fourth-order valence-corrected chi connectivity index (χ4v) is 1.97. The number of aromatic nitrogens is 2. The van der Waals surface area contributed by atoms with E-state index in [0.717, 1.165) is 50.7 Å². The summed E-state index contributed by atoms with van der Waals surface area (Å²) in [7, 11) is 1.70. The highest BCUT2D eigenvalue weighted by atomic mass is 16.5. The first-order valence-corrected chi connectivity index (χ1v) is 5.92. The lowest BCUT2D eigenvalue weighted by Gasteiger charge is -2.18. The van der Waals surface area contributed by atoms with Crippen LogP contribution in [-0.4, -0.2) is 36.9 Å². The second-order valence-corrected chi connectivity index (χ2v) is 4.19. The zero-order valence-corrected chi connectivity index (χ0v) is 9.74. The molecule has 2 rings (SSSR count). The van der Waals surface area contributed by atoms with Gasteiger partial charge in [0.1, 0.15) is 0 Å². The predicted molar refractivity (Wildman–Crippen MR) is 59.3 cm³/mol. The minimum atomic E-state index is 0.400. The van der Waals surface area contributed by atoms with Crippen molar-refractivity contribution in [2.24, 2.45) is 0 Å². The lowest BCUT2D eigenvalue weighted by Crippen LogP contribution is -2.28. The molecule has 0 saturated carbocycles. The van der Waals surface area contributed by atoms with E-state index in [1.807, 2.05) is 0 Å². The summed E-state index contributed by atoms with van der Waals surface area (Å²) in [4.78, 5) is 4.43. The van der Waals surface area contributed by atoms with Crippen molar-refractivity contribution >= 4 is 0 Å². The number of nitrogens with one attached hydrogen (secondary N) is 1. The van der Waals surface area contributed by atoms with Crippen LogP contribution in [0.5, 0.6) is 0 Å². The van der Waals surface area contributed by atoms with Crippen LogP contribution in [0.25, 0.3) is 0 Å². The molecule has 1 atom stereocenters. The first-order chi connectivity index (χ1) is 7.90. The van der Waals surface area contributed by atoms with Crippen LogP contribution in [-0.2, 0) is 11.2 Å². The van der Waals surface area contributed by atoms with Crippen molar-refractivity contribution in [2.75, 3.05) is 26.8 Å². The maximum absolute atomic E-state index is 5.29. The van der Waals surface area contributed by atoms with Crippen LogP contribution in [0, 0.1) is 0 Å². The van der Waals surface area contributed by atoms with Crippen molar-refractivity contribution in [2.45, 2.75) is 31.6 Å². The van der Waals surface area contributed by atoms with Gasteiger partial charge in [-0.1, -0.05) is 5.16 Å². The Bertz CT molecular complexity index is 308. The van der Waals surface area contributed by atoms with E-state index in [9.17, 15) is 0 Å². The van der Waals surface area contributed by atoms with Crippen molar-refractivity contribution < 1.29 is 9.26 Å². The van der Waals surface area contributed by atoms with E-state index in [2.05, 4.69) is 15.5 Å². The maximum atomic E-state index is 5.29. The van der Waals surface area contributed by atoms with Crippen molar-refractivity contribution in [1.82, 2.24) is 15.5 Å². The predicted octanol–water partition coefficient (Wildman–Crippen LogP) is 1.12. The molecule has 5 heteroatoms. The third-order valence-electron chi connectivity index (χ3n) is 2.88. The summed E-state index contributed by atoms with van der Waals surface area (Å²) in [6.45, 7) is 2.81. The molecule has 1 fully saturated rings. The summed E-state index contributed by atoms with van der Waals surface area (Å²) in [6.07, 6.45) is 4.11. The zero-order valence-electron chi connectivity index (χ0n) is 9.74. The second-order valence-electron chi connectivity index (χ2n) is 4.19. The molecule has 16 heavy (non-hydrogen) atoms. The Morgan fingerprint density at radius 2 is 2.50 bits per heavy atom. The quantitative estimate of drug-likeness (QED) is 0.761. The molecule has 90 valence electrons. The molecule has 0 bridgehead atoms. The zero-order chi connectivity index (χ0) is 11.2. The van der Waals surface area contributed by atoms with E-state index in [4.69, 9.17) is 9.26 Å². The molecule has 1 aromatic heterocycles. The molecule has 0 aliphatic carbocycles. The van der Waals surface area contributed by atoms with E-state index in [0.29, 0.717) is 5.92 Å². The molecule has 2 heterocycles. The van der Waals surface area contributed by atoms with Crippen molar-refractivity contribution in [1.29, 1.82) is 0 Å². The van der Waals surface area contributed by atoms with Crippen molar-refractivity contribution in [3.05, 3.63) is 11.7 Å². The molecular weight excluding hydrogens is 206 g/mol. The molecule has 1 aliphatic heterocycles. The third kappa shape index (κ3) is 3.02. The Balaban J connectivity index is 1.85. The number of methoxy groups -OCH3 is 1. The Morgan fingerprint density at radius 3 is 3.25 bits per heavy atom. The first kappa shape index (κ1) is 11.5. The highest BCUT2D eigenvalue weighted by Crippen LogP contribution is 2.21. The highest BCUT2D eigenvalue weighted by Gasteiger charge is 2.20. The Labute approximate surface area is 95.6 Å². The van der Waals surface area contributed by atoms with Gasteiger partial charge in [-0.05, 0) is 25.8 Å². The molecule has 1 saturated heterocycles. The number of hydrogen-bond acceptors (Lipinski definition) is 5. The topological polar surface area (TPSA) is 60.2 Å². The van der Waals surface area contributed by atoms with Gasteiger partial charge in [0.15, 0.2) is 5.82 Å². The van der Waals surface area contributed by atoms with Gasteiger partial charge in [-0.25, -0.2) is 0 Å². The Hall–Kier alpha value is -0.940. The van der Waals surface area contributed by atoms with E-state index in [-0.39, 0.29) is 0 Å². The van der Waals surface area contributed by atoms with Crippen LogP contribution < -0.4 is 5.32 Å². The molecule has 1 aromatic rings. The van der Waals surface area contributed by atoms with Crippen LogP contribution in [0.15, 0.2) is 4.52 Å². The fraction of sp³-hybridized carbons (Fsp3) is 0.818. The molecule has 1 N–H and O–H groups in total. The van der Waals surface area contributed by atoms with E-state index < -0.39 is 0 Å². The Kier molecular flexibility index (Phi) is 4.30. The van der Waals surface area contributed by atoms with Gasteiger partial charge < -0.3 is 14.6 Å². The normalized spacial score (nSPS) is 21.2. The largest absolute Gasteiger partial charge is 0.385 e. The van der Waals surface area contributed by atoms with Gasteiger partial charge in [0, 0.05) is 26.7 Å². The van der Waals surface area contributed by atoms with Gasteiger partial charge in [0.2, 0.25) is 5.89 Å². The second kappa shape index (κ2) is 5.96. The van der Waals surface area contributed by atoms with E-state index in [1.165, 1.54) is 6.42 Å². The van der Waals surface area contributed by atoms with Crippen LogP contribution in [0.3, 0.4) is 0 Å².